The van der Waals surface area contributed by atoms with Crippen molar-refractivity contribution in [1.29, 1.82) is 0 Å². The van der Waals surface area contributed by atoms with Crippen molar-refractivity contribution in [3.8, 4) is 11.1 Å². The summed E-state index contributed by atoms with van der Waals surface area (Å²) in [6, 6.07) is 12.2. The lowest BCUT2D eigenvalue weighted by atomic mass is 9.99. The van der Waals surface area contributed by atoms with Crippen LogP contribution in [0.15, 0.2) is 42.5 Å². The van der Waals surface area contributed by atoms with Crippen LogP contribution in [0.3, 0.4) is 0 Å². The highest BCUT2D eigenvalue weighted by molar-refractivity contribution is 6.05. The van der Waals surface area contributed by atoms with Gasteiger partial charge in [-0.1, -0.05) is 18.2 Å². The number of carbonyl (C=O) groups is 4. The van der Waals surface area contributed by atoms with E-state index in [9.17, 15) is 24.3 Å². The van der Waals surface area contributed by atoms with E-state index in [4.69, 9.17) is 0 Å². The lowest BCUT2D eigenvalue weighted by Crippen LogP contribution is -2.52. The van der Waals surface area contributed by atoms with Crippen LogP contribution in [0.4, 0.5) is 16.2 Å². The number of carbonyl (C=O) groups excluding carboxylic acids is 3. The molecule has 1 aliphatic heterocycles. The van der Waals surface area contributed by atoms with Crippen molar-refractivity contribution < 1.29 is 24.3 Å². The molecule has 9 nitrogen and oxygen atoms in total. The molecule has 2 aliphatic rings. The van der Waals surface area contributed by atoms with Gasteiger partial charge in [-0.25, -0.2) is 4.79 Å². The van der Waals surface area contributed by atoms with Gasteiger partial charge in [-0.2, -0.15) is 0 Å². The molecule has 9 heteroatoms. The Labute approximate surface area is 204 Å². The maximum absolute atomic E-state index is 12.9. The first-order valence-corrected chi connectivity index (χ1v) is 11.7. The molecule has 1 saturated carbocycles. The molecule has 0 saturated heterocycles. The molecule has 35 heavy (non-hydrogen) atoms. The van der Waals surface area contributed by atoms with Gasteiger partial charge in [-0.3, -0.25) is 19.3 Å². The van der Waals surface area contributed by atoms with Gasteiger partial charge >= 0.3 is 6.09 Å². The number of amides is 4. The second-order valence-electron chi connectivity index (χ2n) is 9.30. The maximum Gasteiger partial charge on any atom is 0.411 e. The van der Waals surface area contributed by atoms with Crippen molar-refractivity contribution in [3.63, 3.8) is 0 Å². The molecule has 2 N–H and O–H groups in total. The summed E-state index contributed by atoms with van der Waals surface area (Å²) in [5.41, 5.74) is 3.15. The molecule has 1 aliphatic carbocycles. The number of nitrogens with zero attached hydrogens (tertiary/aromatic N) is 3. The van der Waals surface area contributed by atoms with E-state index in [0.29, 0.717) is 16.9 Å². The average molecular weight is 479 g/mol. The number of hydrogen-bond donors (Lipinski definition) is 2. The van der Waals surface area contributed by atoms with Gasteiger partial charge < -0.3 is 20.2 Å². The quantitative estimate of drug-likeness (QED) is 0.663. The highest BCUT2D eigenvalue weighted by Gasteiger charge is 2.41. The second kappa shape index (κ2) is 9.77. The molecule has 4 amide bonds. The second-order valence-corrected chi connectivity index (χ2v) is 9.30. The fraction of sp³-hybridized carbons (Fsp3) is 0.385. The van der Waals surface area contributed by atoms with Crippen LogP contribution in [0.1, 0.15) is 36.5 Å². The van der Waals surface area contributed by atoms with Gasteiger partial charge in [0, 0.05) is 45.1 Å². The minimum Gasteiger partial charge on any atom is -0.465 e. The van der Waals surface area contributed by atoms with E-state index < -0.39 is 6.09 Å². The van der Waals surface area contributed by atoms with Gasteiger partial charge in [0.15, 0.2) is 0 Å². The molecule has 0 aromatic heterocycles. The van der Waals surface area contributed by atoms with Crippen LogP contribution in [0, 0.1) is 5.92 Å². The molecule has 0 spiro atoms. The van der Waals surface area contributed by atoms with Crippen molar-refractivity contribution >= 4 is 35.2 Å². The van der Waals surface area contributed by atoms with Gasteiger partial charge in [0.25, 0.3) is 5.91 Å². The molecule has 1 heterocycles. The number of nitrogens with one attached hydrogen (secondary N) is 1. The standard InChI is InChI=1S/C26H30N4O5/c1-16-15-29(26(34)35)22-14-20(10-11-21(22)30(16)25(33)19-8-9-19)17-4-6-18(7-5-17)24(32)27-13-12-23(31)28(2)3/h4-7,10-11,14,16,19H,8-9,12-13,15H2,1-3H3,(H,27,32)(H,34,35)/t16-/m0/s1. The first-order chi connectivity index (χ1) is 16.7. The normalized spacial score (nSPS) is 16.9. The Morgan fingerprint density at radius 2 is 1.66 bits per heavy atom. The van der Waals surface area contributed by atoms with E-state index in [2.05, 4.69) is 5.32 Å². The Bertz CT molecular complexity index is 1160. The summed E-state index contributed by atoms with van der Waals surface area (Å²) in [7, 11) is 3.34. The van der Waals surface area contributed by atoms with E-state index in [1.54, 1.807) is 55.4 Å². The van der Waals surface area contributed by atoms with Crippen LogP contribution >= 0.6 is 0 Å². The summed E-state index contributed by atoms with van der Waals surface area (Å²) in [6.07, 6.45) is 0.923. The van der Waals surface area contributed by atoms with E-state index in [-0.39, 0.29) is 49.2 Å². The highest BCUT2D eigenvalue weighted by atomic mass is 16.4. The predicted molar refractivity (Wildman–Crippen MR) is 133 cm³/mol. The third kappa shape index (κ3) is 5.13. The number of hydrogen-bond acceptors (Lipinski definition) is 4. The van der Waals surface area contributed by atoms with Gasteiger partial charge in [-0.05, 0) is 55.2 Å². The van der Waals surface area contributed by atoms with E-state index in [1.165, 1.54) is 9.80 Å². The van der Waals surface area contributed by atoms with Crippen molar-refractivity contribution in [1.82, 2.24) is 10.2 Å². The lowest BCUT2D eigenvalue weighted by molar-refractivity contribution is -0.128. The average Bonchev–Trinajstić information content (AvgIpc) is 3.68. The molecule has 0 bridgehead atoms. The first-order valence-electron chi connectivity index (χ1n) is 11.7. The zero-order chi connectivity index (χ0) is 25.3. The van der Waals surface area contributed by atoms with Gasteiger partial charge in [-0.15, -0.1) is 0 Å². The topological polar surface area (TPSA) is 110 Å². The Kier molecular flexibility index (Phi) is 6.77. The molecule has 2 aromatic rings. The van der Waals surface area contributed by atoms with Gasteiger partial charge in [0.05, 0.1) is 17.4 Å². The van der Waals surface area contributed by atoms with Gasteiger partial charge in [0.1, 0.15) is 0 Å². The van der Waals surface area contributed by atoms with Crippen molar-refractivity contribution in [2.75, 3.05) is 37.0 Å². The smallest absolute Gasteiger partial charge is 0.411 e. The first kappa shape index (κ1) is 24.3. The molecular weight excluding hydrogens is 448 g/mol. The summed E-state index contributed by atoms with van der Waals surface area (Å²) in [5.74, 6) is -0.246. The third-order valence-corrected chi connectivity index (χ3v) is 6.41. The molecule has 0 radical (unpaired) electrons. The van der Waals surface area contributed by atoms with Crippen molar-refractivity contribution in [3.05, 3.63) is 48.0 Å². The Hall–Kier alpha value is -3.88. The molecule has 1 atom stereocenters. The third-order valence-electron chi connectivity index (χ3n) is 6.41. The van der Waals surface area contributed by atoms with E-state index in [0.717, 1.165) is 24.0 Å². The summed E-state index contributed by atoms with van der Waals surface area (Å²) in [6.45, 7) is 2.33. The zero-order valence-electron chi connectivity index (χ0n) is 20.2. The fourth-order valence-corrected chi connectivity index (χ4v) is 4.27. The summed E-state index contributed by atoms with van der Waals surface area (Å²) in [4.78, 5) is 53.4. The minimum atomic E-state index is -1.06. The Morgan fingerprint density at radius 3 is 2.26 bits per heavy atom. The molecule has 0 unspecified atom stereocenters. The van der Waals surface area contributed by atoms with Crippen molar-refractivity contribution in [2.24, 2.45) is 5.92 Å². The molecule has 184 valence electrons. The highest BCUT2D eigenvalue weighted by Crippen LogP contribution is 2.42. The van der Waals surface area contributed by atoms with Crippen LogP contribution in [0.25, 0.3) is 11.1 Å². The van der Waals surface area contributed by atoms with Gasteiger partial charge in [0.2, 0.25) is 11.8 Å². The Balaban J connectivity index is 1.54. The van der Waals surface area contributed by atoms with Crippen LogP contribution in [0.5, 0.6) is 0 Å². The summed E-state index contributed by atoms with van der Waals surface area (Å²) >= 11 is 0. The number of anilines is 2. The van der Waals surface area contributed by atoms with E-state index in [1.807, 2.05) is 13.0 Å². The molecule has 4 rings (SSSR count). The fourth-order valence-electron chi connectivity index (χ4n) is 4.27. The summed E-state index contributed by atoms with van der Waals surface area (Å²) in [5, 5.41) is 12.5. The number of rotatable bonds is 6. The zero-order valence-corrected chi connectivity index (χ0v) is 20.2. The predicted octanol–water partition coefficient (Wildman–Crippen LogP) is 3.19. The van der Waals surface area contributed by atoms with Crippen LogP contribution in [-0.2, 0) is 9.59 Å². The van der Waals surface area contributed by atoms with Crippen LogP contribution in [-0.4, -0.2) is 67.0 Å². The van der Waals surface area contributed by atoms with Crippen LogP contribution < -0.4 is 15.1 Å². The molecule has 1 fully saturated rings. The maximum atomic E-state index is 12.9. The molecule has 2 aromatic carbocycles. The number of fused-ring (bicyclic) bond motifs is 1. The summed E-state index contributed by atoms with van der Waals surface area (Å²) < 4.78 is 0. The molecular formula is C26H30N4O5. The lowest BCUT2D eigenvalue weighted by Gasteiger charge is -2.40. The Morgan fingerprint density at radius 1 is 1.00 bits per heavy atom. The largest absolute Gasteiger partial charge is 0.465 e. The van der Waals surface area contributed by atoms with Crippen molar-refractivity contribution in [2.45, 2.75) is 32.2 Å². The number of carboxylic acid groups (broad SMARTS) is 1. The monoisotopic (exact) mass is 478 g/mol. The van der Waals surface area contributed by atoms with Crippen LogP contribution in [0.2, 0.25) is 0 Å². The SMILES string of the molecule is C[C@H]1CN(C(=O)O)c2cc(-c3ccc(C(=O)NCCC(=O)N(C)C)cc3)ccc2N1C(=O)C1CC1. The minimum absolute atomic E-state index is 0.0287. The van der Waals surface area contributed by atoms with E-state index >= 15 is 0 Å². The number of benzene rings is 2.